The molecule has 2 aromatic rings. The number of hydrogen-bond acceptors (Lipinski definition) is 3. The minimum Gasteiger partial charge on any atom is -0.305 e. The average Bonchev–Trinajstić information content (AvgIpc) is 2.89. The molecule has 1 unspecified atom stereocenters. The molecule has 0 aliphatic heterocycles. The molecule has 0 aliphatic rings. The first-order valence-electron chi connectivity index (χ1n) is 5.66. The lowest BCUT2D eigenvalue weighted by Gasteiger charge is -2.15. The molecule has 88 valence electrons. The monoisotopic (exact) mass is 244 g/mol. The molecular weight excluding hydrogens is 228 g/mol. The van der Waals surface area contributed by atoms with Gasteiger partial charge in [-0.25, -0.2) is 0 Å². The van der Waals surface area contributed by atoms with Crippen LogP contribution in [0.2, 0.25) is 0 Å². The van der Waals surface area contributed by atoms with E-state index in [0.717, 1.165) is 13.0 Å². The van der Waals surface area contributed by atoms with Crippen LogP contribution in [0.5, 0.6) is 0 Å². The number of nitrogens with zero attached hydrogens (tertiary/aromatic N) is 1. The van der Waals surface area contributed by atoms with Crippen LogP contribution in [-0.2, 0) is 6.54 Å². The van der Waals surface area contributed by atoms with E-state index in [-0.39, 0.29) is 0 Å². The van der Waals surface area contributed by atoms with Crippen molar-refractivity contribution >= 4 is 11.3 Å². The van der Waals surface area contributed by atoms with Crippen molar-refractivity contribution in [1.29, 1.82) is 0 Å². The van der Waals surface area contributed by atoms with E-state index in [2.05, 4.69) is 41.1 Å². The minimum atomic E-state index is 0.320. The molecule has 1 aromatic heterocycles. The molecule has 2 nitrogen and oxygen atoms in total. The van der Waals surface area contributed by atoms with Gasteiger partial charge < -0.3 is 5.32 Å². The third-order valence-electron chi connectivity index (χ3n) is 2.59. The van der Waals surface area contributed by atoms with Gasteiger partial charge in [0.1, 0.15) is 0 Å². The van der Waals surface area contributed by atoms with Crippen molar-refractivity contribution in [2.24, 2.45) is 0 Å². The maximum absolute atomic E-state index is 4.12. The van der Waals surface area contributed by atoms with Crippen LogP contribution < -0.4 is 5.32 Å². The Bertz CT molecular complexity index is 437. The number of nitrogens with one attached hydrogen (secondary N) is 1. The van der Waals surface area contributed by atoms with Gasteiger partial charge in [-0.05, 0) is 12.0 Å². The van der Waals surface area contributed by atoms with Crippen LogP contribution in [0, 0.1) is 0 Å². The number of benzene rings is 1. The van der Waals surface area contributed by atoms with Gasteiger partial charge in [0, 0.05) is 23.7 Å². The fourth-order valence-electron chi connectivity index (χ4n) is 1.70. The SMILES string of the molecule is C=CCC(NCc1ccccc1)c1cncs1. The van der Waals surface area contributed by atoms with Gasteiger partial charge in [-0.1, -0.05) is 36.4 Å². The largest absolute Gasteiger partial charge is 0.305 e. The zero-order chi connectivity index (χ0) is 11.9. The maximum atomic E-state index is 4.12. The number of aromatic nitrogens is 1. The Morgan fingerprint density at radius 1 is 1.35 bits per heavy atom. The van der Waals surface area contributed by atoms with Gasteiger partial charge in [0.25, 0.3) is 0 Å². The number of hydrogen-bond donors (Lipinski definition) is 1. The lowest BCUT2D eigenvalue weighted by molar-refractivity contribution is 0.546. The van der Waals surface area contributed by atoms with Crippen molar-refractivity contribution in [2.75, 3.05) is 0 Å². The summed E-state index contributed by atoms with van der Waals surface area (Å²) >= 11 is 1.68. The highest BCUT2D eigenvalue weighted by atomic mass is 32.1. The first kappa shape index (κ1) is 12.0. The molecule has 17 heavy (non-hydrogen) atoms. The summed E-state index contributed by atoms with van der Waals surface area (Å²) in [6, 6.07) is 10.7. The molecule has 1 N–H and O–H groups in total. The van der Waals surface area contributed by atoms with Crippen LogP contribution in [0.4, 0.5) is 0 Å². The van der Waals surface area contributed by atoms with Crippen LogP contribution in [0.25, 0.3) is 0 Å². The fourth-order valence-corrected chi connectivity index (χ4v) is 2.41. The Labute approximate surface area is 106 Å². The molecule has 1 atom stereocenters. The maximum Gasteiger partial charge on any atom is 0.0794 e. The van der Waals surface area contributed by atoms with Crippen molar-refractivity contribution in [3.63, 3.8) is 0 Å². The third-order valence-corrected chi connectivity index (χ3v) is 3.48. The van der Waals surface area contributed by atoms with Gasteiger partial charge in [0.2, 0.25) is 0 Å². The standard InChI is InChI=1S/C14H16N2S/c1-2-6-13(14-10-15-11-17-14)16-9-12-7-4-3-5-8-12/h2-5,7-8,10-11,13,16H,1,6,9H2. The van der Waals surface area contributed by atoms with Gasteiger partial charge in [-0.3, -0.25) is 4.98 Å². The normalized spacial score (nSPS) is 12.2. The van der Waals surface area contributed by atoms with E-state index in [9.17, 15) is 0 Å². The highest BCUT2D eigenvalue weighted by Gasteiger charge is 2.10. The van der Waals surface area contributed by atoms with E-state index < -0.39 is 0 Å². The quantitative estimate of drug-likeness (QED) is 0.786. The predicted octanol–water partition coefficient (Wildman–Crippen LogP) is 3.55. The van der Waals surface area contributed by atoms with Crippen LogP contribution in [0.3, 0.4) is 0 Å². The highest BCUT2D eigenvalue weighted by Crippen LogP contribution is 2.21. The smallest absolute Gasteiger partial charge is 0.0794 e. The summed E-state index contributed by atoms with van der Waals surface area (Å²) in [5, 5.41) is 3.54. The average molecular weight is 244 g/mol. The van der Waals surface area contributed by atoms with Crippen LogP contribution >= 0.6 is 11.3 Å². The molecule has 3 heteroatoms. The molecule has 2 rings (SSSR count). The molecule has 0 bridgehead atoms. The Morgan fingerprint density at radius 2 is 2.18 bits per heavy atom. The van der Waals surface area contributed by atoms with E-state index in [1.54, 1.807) is 11.3 Å². The summed E-state index contributed by atoms with van der Waals surface area (Å²) < 4.78 is 0. The molecule has 0 amide bonds. The Morgan fingerprint density at radius 3 is 2.82 bits per heavy atom. The van der Waals surface area contributed by atoms with E-state index in [1.165, 1.54) is 10.4 Å². The van der Waals surface area contributed by atoms with Crippen LogP contribution in [0.15, 0.2) is 54.7 Å². The molecule has 0 aliphatic carbocycles. The van der Waals surface area contributed by atoms with E-state index >= 15 is 0 Å². The van der Waals surface area contributed by atoms with Crippen molar-refractivity contribution in [3.8, 4) is 0 Å². The topological polar surface area (TPSA) is 24.9 Å². The molecule has 0 radical (unpaired) electrons. The Kier molecular flexibility index (Phi) is 4.47. The summed E-state index contributed by atoms with van der Waals surface area (Å²) in [5.41, 5.74) is 3.17. The fraction of sp³-hybridized carbons (Fsp3) is 0.214. The first-order valence-corrected chi connectivity index (χ1v) is 6.54. The molecule has 0 fully saturated rings. The van der Waals surface area contributed by atoms with Gasteiger partial charge in [0.15, 0.2) is 0 Å². The molecule has 0 saturated carbocycles. The molecular formula is C14H16N2S. The second-order valence-electron chi connectivity index (χ2n) is 3.85. The van der Waals surface area contributed by atoms with Gasteiger partial charge in [-0.2, -0.15) is 0 Å². The van der Waals surface area contributed by atoms with Gasteiger partial charge in [0.05, 0.1) is 5.51 Å². The molecule has 1 aromatic carbocycles. The minimum absolute atomic E-state index is 0.320. The number of rotatable bonds is 6. The van der Waals surface area contributed by atoms with Crippen molar-refractivity contribution in [2.45, 2.75) is 19.0 Å². The van der Waals surface area contributed by atoms with Crippen LogP contribution in [-0.4, -0.2) is 4.98 Å². The predicted molar refractivity (Wildman–Crippen MR) is 73.0 cm³/mol. The van der Waals surface area contributed by atoms with E-state index in [4.69, 9.17) is 0 Å². The molecule has 0 spiro atoms. The Balaban J connectivity index is 1.97. The van der Waals surface area contributed by atoms with Gasteiger partial charge in [-0.15, -0.1) is 17.9 Å². The lowest BCUT2D eigenvalue weighted by atomic mass is 10.1. The second kappa shape index (κ2) is 6.33. The van der Waals surface area contributed by atoms with Crippen molar-refractivity contribution < 1.29 is 0 Å². The zero-order valence-corrected chi connectivity index (χ0v) is 10.5. The second-order valence-corrected chi connectivity index (χ2v) is 4.77. The van der Waals surface area contributed by atoms with E-state index in [1.807, 2.05) is 23.8 Å². The molecule has 1 heterocycles. The van der Waals surface area contributed by atoms with E-state index in [0.29, 0.717) is 6.04 Å². The van der Waals surface area contributed by atoms with Crippen molar-refractivity contribution in [1.82, 2.24) is 10.3 Å². The first-order chi connectivity index (χ1) is 8.40. The zero-order valence-electron chi connectivity index (χ0n) is 9.67. The summed E-state index contributed by atoms with van der Waals surface area (Å²) in [6.07, 6.45) is 4.80. The van der Waals surface area contributed by atoms with Crippen molar-refractivity contribution in [3.05, 3.63) is 65.1 Å². The van der Waals surface area contributed by atoms with Crippen LogP contribution in [0.1, 0.15) is 22.9 Å². The summed E-state index contributed by atoms with van der Waals surface area (Å²) in [4.78, 5) is 5.39. The summed E-state index contributed by atoms with van der Waals surface area (Å²) in [7, 11) is 0. The highest BCUT2D eigenvalue weighted by molar-refractivity contribution is 7.09. The summed E-state index contributed by atoms with van der Waals surface area (Å²) in [6.45, 7) is 4.68. The summed E-state index contributed by atoms with van der Waals surface area (Å²) in [5.74, 6) is 0. The van der Waals surface area contributed by atoms with Gasteiger partial charge >= 0.3 is 0 Å². The Hall–Kier alpha value is -1.45. The number of thiazole rings is 1. The lowest BCUT2D eigenvalue weighted by Crippen LogP contribution is -2.19. The molecule has 0 saturated heterocycles. The third kappa shape index (κ3) is 3.51.